The Morgan fingerprint density at radius 1 is 0.313 bits per heavy atom. The minimum atomic E-state index is 0.885. The Morgan fingerprint density at radius 3 is 1.55 bits per heavy atom. The Balaban J connectivity index is 0.913. The Bertz CT molecular complexity index is 3930. The largest absolute Gasteiger partial charge is 0.455 e. The molecule has 314 valence electrons. The summed E-state index contributed by atoms with van der Waals surface area (Å²) in [5.74, 6) is 0. The molecule has 3 nitrogen and oxygen atoms in total. The molecule has 13 aromatic rings. The van der Waals surface area contributed by atoms with Crippen molar-refractivity contribution in [3.05, 3.63) is 255 Å². The molecule has 0 saturated heterocycles. The summed E-state index contributed by atoms with van der Waals surface area (Å²) in [5.41, 5.74) is 17.7. The van der Waals surface area contributed by atoms with E-state index >= 15 is 0 Å². The van der Waals surface area contributed by atoms with Gasteiger partial charge >= 0.3 is 0 Å². The van der Waals surface area contributed by atoms with E-state index in [9.17, 15) is 0 Å². The van der Waals surface area contributed by atoms with Crippen LogP contribution in [0.4, 0.5) is 17.1 Å². The lowest BCUT2D eigenvalue weighted by molar-refractivity contribution is 0.670. The summed E-state index contributed by atoms with van der Waals surface area (Å²) >= 11 is 0. The van der Waals surface area contributed by atoms with Crippen molar-refractivity contribution in [1.29, 1.82) is 0 Å². The van der Waals surface area contributed by atoms with Crippen LogP contribution >= 0.6 is 0 Å². The molecule has 0 aliphatic carbocycles. The minimum absolute atomic E-state index is 0.885. The van der Waals surface area contributed by atoms with Gasteiger partial charge in [-0.15, -0.1) is 0 Å². The number of hydrogen-bond acceptors (Lipinski definition) is 2. The molecule has 0 aliphatic rings. The van der Waals surface area contributed by atoms with Crippen molar-refractivity contribution in [2.75, 3.05) is 4.90 Å². The molecule has 0 unspecified atom stereocenters. The molecule has 11 aromatic carbocycles. The van der Waals surface area contributed by atoms with E-state index in [1.54, 1.807) is 0 Å². The molecular formula is C64H42N2O. The van der Waals surface area contributed by atoms with Crippen molar-refractivity contribution in [2.24, 2.45) is 0 Å². The average molecular weight is 855 g/mol. The van der Waals surface area contributed by atoms with Gasteiger partial charge in [0.05, 0.1) is 16.7 Å². The number of hydrogen-bond donors (Lipinski definition) is 0. The normalized spacial score (nSPS) is 11.6. The molecule has 0 aliphatic heterocycles. The lowest BCUT2D eigenvalue weighted by Gasteiger charge is -2.28. The van der Waals surface area contributed by atoms with Crippen LogP contribution in [0.1, 0.15) is 0 Å². The molecule has 0 bridgehead atoms. The highest BCUT2D eigenvalue weighted by atomic mass is 16.3. The molecule has 0 spiro atoms. The van der Waals surface area contributed by atoms with Crippen LogP contribution in [-0.2, 0) is 0 Å². The monoisotopic (exact) mass is 854 g/mol. The minimum Gasteiger partial charge on any atom is -0.455 e. The van der Waals surface area contributed by atoms with Gasteiger partial charge < -0.3 is 13.9 Å². The molecule has 0 saturated carbocycles. The predicted molar refractivity (Wildman–Crippen MR) is 282 cm³/mol. The lowest BCUT2D eigenvalue weighted by atomic mass is 9.96. The van der Waals surface area contributed by atoms with E-state index in [0.29, 0.717) is 0 Å². The zero-order valence-electron chi connectivity index (χ0n) is 36.6. The van der Waals surface area contributed by atoms with E-state index in [1.165, 1.54) is 49.3 Å². The number of anilines is 3. The van der Waals surface area contributed by atoms with Gasteiger partial charge in [0.25, 0.3) is 0 Å². The molecular weight excluding hydrogens is 813 g/mol. The second-order valence-corrected chi connectivity index (χ2v) is 17.3. The highest BCUT2D eigenvalue weighted by Crippen LogP contribution is 2.45. The first-order valence-electron chi connectivity index (χ1n) is 22.9. The van der Waals surface area contributed by atoms with E-state index in [2.05, 4.69) is 258 Å². The first kappa shape index (κ1) is 38.5. The van der Waals surface area contributed by atoms with Crippen LogP contribution < -0.4 is 4.90 Å². The number of benzene rings is 11. The fourth-order valence-corrected chi connectivity index (χ4v) is 10.2. The van der Waals surface area contributed by atoms with Gasteiger partial charge in [-0.3, -0.25) is 0 Å². The first-order chi connectivity index (χ1) is 33.2. The molecule has 0 fully saturated rings. The maximum atomic E-state index is 6.64. The molecule has 0 atom stereocenters. The van der Waals surface area contributed by atoms with Crippen LogP contribution in [0, 0.1) is 0 Å². The van der Waals surface area contributed by atoms with Crippen molar-refractivity contribution < 1.29 is 4.42 Å². The van der Waals surface area contributed by atoms with Crippen LogP contribution in [-0.4, -0.2) is 4.57 Å². The van der Waals surface area contributed by atoms with E-state index in [0.717, 1.165) is 72.5 Å². The van der Waals surface area contributed by atoms with Crippen LogP contribution in [0.5, 0.6) is 0 Å². The number of para-hydroxylation sites is 5. The molecule has 2 aromatic heterocycles. The summed E-state index contributed by atoms with van der Waals surface area (Å²) in [5, 5.41) is 7.23. The van der Waals surface area contributed by atoms with Crippen molar-refractivity contribution in [3.8, 4) is 50.2 Å². The number of rotatable bonds is 8. The third-order valence-corrected chi connectivity index (χ3v) is 13.4. The number of nitrogens with zero attached hydrogens (tertiary/aromatic N) is 2. The average Bonchev–Trinajstić information content (AvgIpc) is 3.96. The highest BCUT2D eigenvalue weighted by molar-refractivity contribution is 6.11. The molecule has 3 heteroatoms. The van der Waals surface area contributed by atoms with Crippen LogP contribution in [0.15, 0.2) is 259 Å². The van der Waals surface area contributed by atoms with E-state index in [-0.39, 0.29) is 0 Å². The third-order valence-electron chi connectivity index (χ3n) is 13.4. The molecule has 13 rings (SSSR count). The van der Waals surface area contributed by atoms with E-state index < -0.39 is 0 Å². The molecule has 2 heterocycles. The van der Waals surface area contributed by atoms with Crippen molar-refractivity contribution in [1.82, 2.24) is 4.57 Å². The van der Waals surface area contributed by atoms with Crippen LogP contribution in [0.25, 0.3) is 105 Å². The van der Waals surface area contributed by atoms with Gasteiger partial charge in [-0.05, 0) is 117 Å². The first-order valence-corrected chi connectivity index (χ1v) is 22.9. The predicted octanol–water partition coefficient (Wildman–Crippen LogP) is 18.0. The number of aromatic nitrogens is 1. The maximum Gasteiger partial charge on any atom is 0.143 e. The number of fused-ring (bicyclic) bond motifs is 7. The Morgan fingerprint density at radius 2 is 0.821 bits per heavy atom. The SMILES string of the molecule is c1cc(-c2ccc(N(c3ccc(-c4cccc(-n5c6ccccc6c6ccccc65)c4)cc3)c3ccccc3-c3cccc4c3oc3ccccc34)cc2)cc(-c2ccc3ccccc3c2)c1. The van der Waals surface area contributed by atoms with Gasteiger partial charge in [0.2, 0.25) is 0 Å². The van der Waals surface area contributed by atoms with Crippen molar-refractivity contribution in [3.63, 3.8) is 0 Å². The molecule has 67 heavy (non-hydrogen) atoms. The van der Waals surface area contributed by atoms with Gasteiger partial charge in [-0.2, -0.15) is 0 Å². The fraction of sp³-hybridized carbons (Fsp3) is 0. The molecule has 0 amide bonds. The summed E-state index contributed by atoms with van der Waals surface area (Å²) < 4.78 is 9.02. The Kier molecular flexibility index (Phi) is 9.17. The van der Waals surface area contributed by atoms with Crippen molar-refractivity contribution in [2.45, 2.75) is 0 Å². The van der Waals surface area contributed by atoms with Crippen LogP contribution in [0.2, 0.25) is 0 Å². The standard InChI is InChI=1S/C64H42N2O/c1-2-15-46-41-50(31-30-43(46)14-1)48-17-11-16-47(40-48)44-32-36-51(37-33-44)65(60-26-7-5-22-56(60)58-24-13-25-59-57-23-6-10-29-63(57)67-64(58)59)52-38-34-45(35-39-52)49-18-12-19-53(42-49)66-61-27-8-3-20-54(61)55-21-4-9-28-62(55)66/h1-42H. The summed E-state index contributed by atoms with van der Waals surface area (Å²) in [7, 11) is 0. The van der Waals surface area contributed by atoms with Gasteiger partial charge in [-0.25, -0.2) is 0 Å². The topological polar surface area (TPSA) is 21.3 Å². The maximum absolute atomic E-state index is 6.64. The van der Waals surface area contributed by atoms with Gasteiger partial charge in [-0.1, -0.05) is 182 Å². The smallest absolute Gasteiger partial charge is 0.143 e. The third kappa shape index (κ3) is 6.67. The molecule has 0 N–H and O–H groups in total. The Labute approximate surface area is 388 Å². The summed E-state index contributed by atoms with van der Waals surface area (Å²) in [6.07, 6.45) is 0. The molecule has 0 radical (unpaired) electrons. The second-order valence-electron chi connectivity index (χ2n) is 17.3. The van der Waals surface area contributed by atoms with Gasteiger partial charge in [0.15, 0.2) is 0 Å². The van der Waals surface area contributed by atoms with Crippen LogP contribution in [0.3, 0.4) is 0 Å². The summed E-state index contributed by atoms with van der Waals surface area (Å²) in [6.45, 7) is 0. The van der Waals surface area contributed by atoms with E-state index in [1.807, 2.05) is 6.07 Å². The second kappa shape index (κ2) is 16.0. The highest BCUT2D eigenvalue weighted by Gasteiger charge is 2.21. The van der Waals surface area contributed by atoms with Gasteiger partial charge in [0, 0.05) is 49.7 Å². The van der Waals surface area contributed by atoms with Gasteiger partial charge in [0.1, 0.15) is 11.2 Å². The Hall–Kier alpha value is -8.92. The zero-order valence-corrected chi connectivity index (χ0v) is 36.6. The van der Waals surface area contributed by atoms with E-state index in [4.69, 9.17) is 4.42 Å². The summed E-state index contributed by atoms with van der Waals surface area (Å²) in [4.78, 5) is 2.38. The fourth-order valence-electron chi connectivity index (χ4n) is 10.2. The quantitative estimate of drug-likeness (QED) is 0.152. The lowest BCUT2D eigenvalue weighted by Crippen LogP contribution is -2.11. The zero-order chi connectivity index (χ0) is 44.3. The number of furan rings is 1. The van der Waals surface area contributed by atoms with Crippen molar-refractivity contribution >= 4 is 71.6 Å². The summed E-state index contributed by atoms with van der Waals surface area (Å²) in [6, 6.07) is 91.9.